The molecule has 3 heterocycles. The fraction of sp³-hybridized carbons (Fsp3) is 0.200. The minimum atomic E-state index is -0.693. The van der Waals surface area contributed by atoms with E-state index in [1.54, 1.807) is 41.2 Å². The molecular formula is C25H20Cl2N4O3. The number of aromatic nitrogens is 3. The van der Waals surface area contributed by atoms with Gasteiger partial charge in [-0.1, -0.05) is 30.1 Å². The van der Waals surface area contributed by atoms with Crippen LogP contribution in [0.3, 0.4) is 0 Å². The van der Waals surface area contributed by atoms with E-state index in [0.29, 0.717) is 44.4 Å². The number of ketones is 1. The molecule has 3 aromatic heterocycles. The summed E-state index contributed by atoms with van der Waals surface area (Å²) in [6.07, 6.45) is 5.34. The predicted octanol–water partition coefficient (Wildman–Crippen LogP) is 5.11. The van der Waals surface area contributed by atoms with Crippen molar-refractivity contribution in [3.05, 3.63) is 86.5 Å². The summed E-state index contributed by atoms with van der Waals surface area (Å²) in [7, 11) is 1.47. The van der Waals surface area contributed by atoms with Gasteiger partial charge in [0.2, 0.25) is 0 Å². The van der Waals surface area contributed by atoms with Crippen molar-refractivity contribution in [3.63, 3.8) is 0 Å². The summed E-state index contributed by atoms with van der Waals surface area (Å²) in [5.41, 5.74) is 2.38. The van der Waals surface area contributed by atoms with E-state index in [1.807, 2.05) is 13.0 Å². The number of Topliss-reactive ketones (excluding diaryl/α,β-unsaturated/α-hetero) is 1. The van der Waals surface area contributed by atoms with E-state index < -0.39 is 6.04 Å². The summed E-state index contributed by atoms with van der Waals surface area (Å²) in [6, 6.07) is 11.2. The topological polar surface area (TPSA) is 89.4 Å². The number of hydrogen-bond donors (Lipinski definition) is 0. The van der Waals surface area contributed by atoms with Crippen LogP contribution in [-0.4, -0.2) is 27.1 Å². The van der Waals surface area contributed by atoms with E-state index in [2.05, 4.69) is 11.2 Å². The first-order valence-electron chi connectivity index (χ1n) is 10.5. The smallest absolute Gasteiger partial charge is 0.252 e. The number of carbonyl (C=O) groups is 1. The SMILES string of the molecule is CCC(C(=O)Cc1ccn2ncc(Cl)c2c1)n1cc(OC)c(-c2cc(Cl)ccc2C#N)cc1=O. The third-order valence-corrected chi connectivity index (χ3v) is 6.19. The lowest BCUT2D eigenvalue weighted by molar-refractivity contribution is -0.121. The molecule has 1 atom stereocenters. The van der Waals surface area contributed by atoms with E-state index >= 15 is 0 Å². The summed E-state index contributed by atoms with van der Waals surface area (Å²) in [5, 5.41) is 14.5. The van der Waals surface area contributed by atoms with Crippen LogP contribution in [0.4, 0.5) is 0 Å². The quantitative estimate of drug-likeness (QED) is 0.355. The van der Waals surface area contributed by atoms with Crippen LogP contribution in [-0.2, 0) is 11.2 Å². The lowest BCUT2D eigenvalue weighted by Gasteiger charge is -2.20. The van der Waals surface area contributed by atoms with Gasteiger partial charge in [-0.3, -0.25) is 9.59 Å². The van der Waals surface area contributed by atoms with E-state index in [-0.39, 0.29) is 17.8 Å². The molecule has 34 heavy (non-hydrogen) atoms. The molecular weight excluding hydrogens is 475 g/mol. The van der Waals surface area contributed by atoms with Gasteiger partial charge in [0.15, 0.2) is 5.78 Å². The number of carbonyl (C=O) groups excluding carboxylic acids is 1. The average molecular weight is 495 g/mol. The van der Waals surface area contributed by atoms with Gasteiger partial charge in [-0.05, 0) is 42.3 Å². The number of rotatable bonds is 7. The molecule has 0 aliphatic rings. The van der Waals surface area contributed by atoms with Crippen LogP contribution in [0.25, 0.3) is 16.6 Å². The number of ether oxygens (including phenoxy) is 1. The Labute approximate surface area is 205 Å². The maximum absolute atomic E-state index is 13.2. The first-order chi connectivity index (χ1) is 16.4. The molecule has 0 saturated heterocycles. The predicted molar refractivity (Wildman–Crippen MR) is 131 cm³/mol. The summed E-state index contributed by atoms with van der Waals surface area (Å²) < 4.78 is 8.54. The van der Waals surface area contributed by atoms with Crippen molar-refractivity contribution in [1.29, 1.82) is 5.26 Å². The Morgan fingerprint density at radius 3 is 2.71 bits per heavy atom. The minimum Gasteiger partial charge on any atom is -0.495 e. The van der Waals surface area contributed by atoms with Crippen LogP contribution < -0.4 is 10.3 Å². The van der Waals surface area contributed by atoms with Crippen molar-refractivity contribution < 1.29 is 9.53 Å². The fourth-order valence-corrected chi connectivity index (χ4v) is 4.34. The molecule has 0 radical (unpaired) electrons. The van der Waals surface area contributed by atoms with Gasteiger partial charge < -0.3 is 9.30 Å². The number of nitrogens with zero attached hydrogens (tertiary/aromatic N) is 4. The highest BCUT2D eigenvalue weighted by Gasteiger charge is 2.23. The zero-order valence-corrected chi connectivity index (χ0v) is 20.0. The number of nitriles is 1. The number of pyridine rings is 2. The zero-order chi connectivity index (χ0) is 24.4. The van der Waals surface area contributed by atoms with Gasteiger partial charge in [-0.25, -0.2) is 4.52 Å². The normalized spacial score (nSPS) is 11.9. The molecule has 0 saturated carbocycles. The monoisotopic (exact) mass is 494 g/mol. The van der Waals surface area contributed by atoms with E-state index in [0.717, 1.165) is 5.56 Å². The summed E-state index contributed by atoms with van der Waals surface area (Å²) >= 11 is 12.3. The Morgan fingerprint density at radius 2 is 2.00 bits per heavy atom. The van der Waals surface area contributed by atoms with Crippen molar-refractivity contribution >= 4 is 34.5 Å². The molecule has 0 aliphatic carbocycles. The number of methoxy groups -OCH3 is 1. The summed E-state index contributed by atoms with van der Waals surface area (Å²) in [5.74, 6) is 0.233. The molecule has 0 bridgehead atoms. The van der Waals surface area contributed by atoms with E-state index in [4.69, 9.17) is 27.9 Å². The van der Waals surface area contributed by atoms with Crippen LogP contribution in [0, 0.1) is 11.3 Å². The van der Waals surface area contributed by atoms with Crippen LogP contribution in [0.15, 0.2) is 59.8 Å². The number of halogens is 2. The Morgan fingerprint density at radius 1 is 1.21 bits per heavy atom. The van der Waals surface area contributed by atoms with Crippen molar-refractivity contribution in [2.75, 3.05) is 7.11 Å². The van der Waals surface area contributed by atoms with Crippen molar-refractivity contribution in [1.82, 2.24) is 14.2 Å². The lowest BCUT2D eigenvalue weighted by Crippen LogP contribution is -2.30. The molecule has 0 amide bonds. The highest BCUT2D eigenvalue weighted by Crippen LogP contribution is 2.33. The minimum absolute atomic E-state index is 0.125. The highest BCUT2D eigenvalue weighted by atomic mass is 35.5. The first kappa shape index (κ1) is 23.6. The summed E-state index contributed by atoms with van der Waals surface area (Å²) in [4.78, 5) is 26.4. The van der Waals surface area contributed by atoms with Gasteiger partial charge in [0.25, 0.3) is 5.56 Å². The second-order valence-corrected chi connectivity index (χ2v) is 8.57. The lowest BCUT2D eigenvalue weighted by atomic mass is 9.99. The summed E-state index contributed by atoms with van der Waals surface area (Å²) in [6.45, 7) is 1.84. The maximum Gasteiger partial charge on any atom is 0.252 e. The third kappa shape index (κ3) is 4.43. The van der Waals surface area contributed by atoms with Crippen LogP contribution in [0.5, 0.6) is 5.75 Å². The standard InChI is InChI=1S/C25H20Cl2N4O3/c1-3-21(23(32)9-15-6-7-31-22(8-15)20(27)13-29-31)30-14-24(34-2)19(11-25(30)33)18-10-17(26)5-4-16(18)12-28/h4-8,10-11,13-14,21H,3,9H2,1-2H3. The average Bonchev–Trinajstić information content (AvgIpc) is 3.20. The molecule has 9 heteroatoms. The Balaban J connectivity index is 1.71. The first-order valence-corrected chi connectivity index (χ1v) is 11.3. The second kappa shape index (κ2) is 9.72. The number of hydrogen-bond acceptors (Lipinski definition) is 5. The van der Waals surface area contributed by atoms with Gasteiger partial charge in [-0.2, -0.15) is 10.4 Å². The van der Waals surface area contributed by atoms with Gasteiger partial charge in [0, 0.05) is 34.8 Å². The molecule has 4 rings (SSSR count). The molecule has 4 aromatic rings. The molecule has 1 aromatic carbocycles. The van der Waals surface area contributed by atoms with Crippen LogP contribution in [0.1, 0.15) is 30.5 Å². The van der Waals surface area contributed by atoms with Gasteiger partial charge in [0.05, 0.1) is 47.7 Å². The van der Waals surface area contributed by atoms with Gasteiger partial charge in [-0.15, -0.1) is 0 Å². The van der Waals surface area contributed by atoms with Gasteiger partial charge >= 0.3 is 0 Å². The molecule has 7 nitrogen and oxygen atoms in total. The molecule has 172 valence electrons. The van der Waals surface area contributed by atoms with E-state index in [1.165, 1.54) is 23.9 Å². The zero-order valence-electron chi connectivity index (χ0n) is 18.5. The highest BCUT2D eigenvalue weighted by molar-refractivity contribution is 6.33. The Kier molecular flexibility index (Phi) is 6.73. The third-order valence-electron chi connectivity index (χ3n) is 5.67. The van der Waals surface area contributed by atoms with Gasteiger partial charge in [0.1, 0.15) is 5.75 Å². The molecule has 0 aliphatic heterocycles. The molecule has 0 fully saturated rings. The van der Waals surface area contributed by atoms with Crippen LogP contribution >= 0.6 is 23.2 Å². The van der Waals surface area contributed by atoms with E-state index in [9.17, 15) is 14.9 Å². The number of benzene rings is 1. The van der Waals surface area contributed by atoms with Crippen molar-refractivity contribution in [3.8, 4) is 22.9 Å². The van der Waals surface area contributed by atoms with Crippen LogP contribution in [0.2, 0.25) is 10.0 Å². The second-order valence-electron chi connectivity index (χ2n) is 7.73. The molecule has 1 unspecified atom stereocenters. The maximum atomic E-state index is 13.2. The molecule has 0 spiro atoms. The van der Waals surface area contributed by atoms with Crippen molar-refractivity contribution in [2.45, 2.75) is 25.8 Å². The molecule has 0 N–H and O–H groups in total. The largest absolute Gasteiger partial charge is 0.495 e. The Bertz CT molecular complexity index is 1500. The Hall–Kier alpha value is -3.60. The number of fused-ring (bicyclic) bond motifs is 1. The van der Waals surface area contributed by atoms with Crippen molar-refractivity contribution in [2.24, 2.45) is 0 Å². The fourth-order valence-electron chi connectivity index (χ4n) is 3.99.